The molecule has 1 aromatic rings. The zero-order chi connectivity index (χ0) is 13.8. The number of carbonyl (C=O) groups excluding carboxylic acids is 2. The predicted molar refractivity (Wildman–Crippen MR) is 74.0 cm³/mol. The van der Waals surface area contributed by atoms with Gasteiger partial charge >= 0.3 is 0 Å². The number of aryl methyl sites for hydroxylation is 1. The van der Waals surface area contributed by atoms with Crippen molar-refractivity contribution in [1.29, 1.82) is 0 Å². The first kappa shape index (κ1) is 13.9. The Labute approximate surface area is 117 Å². The predicted octanol–water partition coefficient (Wildman–Crippen LogP) is 1.62. The molecule has 1 fully saturated rings. The molecule has 2 rings (SSSR count). The van der Waals surface area contributed by atoms with Crippen molar-refractivity contribution in [1.82, 2.24) is 10.2 Å². The smallest absolute Gasteiger partial charge is 0.224 e. The van der Waals surface area contributed by atoms with E-state index in [0.29, 0.717) is 30.8 Å². The lowest BCUT2D eigenvalue weighted by molar-refractivity contribution is -0.126. The number of nitrogens with zero attached hydrogens (tertiary/aromatic N) is 1. The minimum absolute atomic E-state index is 0.0203. The second-order valence-corrected chi connectivity index (χ2v) is 5.31. The molecule has 1 unspecified atom stereocenters. The van der Waals surface area contributed by atoms with Crippen LogP contribution in [0.15, 0.2) is 24.3 Å². The van der Waals surface area contributed by atoms with E-state index in [2.05, 4.69) is 5.32 Å². The number of likely N-dealkylation sites (tertiary alicyclic amines) is 1. The summed E-state index contributed by atoms with van der Waals surface area (Å²) in [5.74, 6) is 0.0632. The highest BCUT2D eigenvalue weighted by molar-refractivity contribution is 6.30. The maximum absolute atomic E-state index is 11.8. The molecule has 1 heterocycles. The summed E-state index contributed by atoms with van der Waals surface area (Å²) in [5, 5.41) is 3.57. The Morgan fingerprint density at radius 1 is 1.53 bits per heavy atom. The first-order valence-electron chi connectivity index (χ1n) is 6.32. The van der Waals surface area contributed by atoms with Gasteiger partial charge in [0.25, 0.3) is 0 Å². The van der Waals surface area contributed by atoms with Gasteiger partial charge in [-0.25, -0.2) is 0 Å². The first-order valence-corrected chi connectivity index (χ1v) is 6.70. The Bertz CT molecular complexity index is 490. The Balaban J connectivity index is 1.78. The fourth-order valence-corrected chi connectivity index (χ4v) is 2.42. The molecule has 0 bridgehead atoms. The molecule has 1 saturated heterocycles. The lowest BCUT2D eigenvalue weighted by Crippen LogP contribution is -2.36. The number of hydrogen-bond acceptors (Lipinski definition) is 2. The van der Waals surface area contributed by atoms with E-state index in [1.54, 1.807) is 11.9 Å². The molecule has 1 aliphatic rings. The molecule has 0 spiro atoms. The van der Waals surface area contributed by atoms with Crippen LogP contribution in [0.3, 0.4) is 0 Å². The summed E-state index contributed by atoms with van der Waals surface area (Å²) in [6, 6.07) is 7.45. The SMILES string of the molecule is CN1CC(NC(=O)CCc2cccc(Cl)c2)CC1=O. The van der Waals surface area contributed by atoms with Gasteiger partial charge in [0, 0.05) is 31.5 Å². The normalized spacial score (nSPS) is 18.7. The van der Waals surface area contributed by atoms with Crippen molar-refractivity contribution in [3.63, 3.8) is 0 Å². The molecular formula is C14H17ClN2O2. The van der Waals surface area contributed by atoms with Crippen LogP contribution in [-0.2, 0) is 16.0 Å². The molecule has 2 amide bonds. The number of nitrogens with one attached hydrogen (secondary N) is 1. The zero-order valence-corrected chi connectivity index (χ0v) is 11.6. The average molecular weight is 281 g/mol. The van der Waals surface area contributed by atoms with Gasteiger partial charge in [-0.15, -0.1) is 0 Å². The van der Waals surface area contributed by atoms with E-state index in [9.17, 15) is 9.59 Å². The van der Waals surface area contributed by atoms with Gasteiger partial charge in [0.2, 0.25) is 11.8 Å². The van der Waals surface area contributed by atoms with Crippen molar-refractivity contribution in [2.45, 2.75) is 25.3 Å². The summed E-state index contributed by atoms with van der Waals surface area (Å²) < 4.78 is 0. The molecule has 1 N–H and O–H groups in total. The number of hydrogen-bond donors (Lipinski definition) is 1. The molecule has 4 nitrogen and oxygen atoms in total. The van der Waals surface area contributed by atoms with Crippen LogP contribution in [0, 0.1) is 0 Å². The minimum Gasteiger partial charge on any atom is -0.351 e. The standard InChI is InChI=1S/C14H17ClN2O2/c1-17-9-12(8-14(17)19)16-13(18)6-5-10-3-2-4-11(15)7-10/h2-4,7,12H,5-6,8-9H2,1H3,(H,16,18). The molecule has 5 heteroatoms. The van der Waals surface area contributed by atoms with Crippen molar-refractivity contribution in [2.24, 2.45) is 0 Å². The van der Waals surface area contributed by atoms with Crippen LogP contribution >= 0.6 is 11.6 Å². The maximum Gasteiger partial charge on any atom is 0.224 e. The van der Waals surface area contributed by atoms with Crippen LogP contribution < -0.4 is 5.32 Å². The average Bonchev–Trinajstić information content (AvgIpc) is 2.66. The monoisotopic (exact) mass is 280 g/mol. The van der Waals surface area contributed by atoms with E-state index in [4.69, 9.17) is 11.6 Å². The van der Waals surface area contributed by atoms with E-state index in [-0.39, 0.29) is 17.9 Å². The van der Waals surface area contributed by atoms with Gasteiger partial charge in [-0.2, -0.15) is 0 Å². The zero-order valence-electron chi connectivity index (χ0n) is 10.9. The Morgan fingerprint density at radius 2 is 2.32 bits per heavy atom. The van der Waals surface area contributed by atoms with Crippen molar-refractivity contribution >= 4 is 23.4 Å². The molecule has 0 aliphatic carbocycles. The second-order valence-electron chi connectivity index (χ2n) is 4.87. The maximum atomic E-state index is 11.8. The van der Waals surface area contributed by atoms with Gasteiger partial charge in [-0.05, 0) is 24.1 Å². The number of halogens is 1. The van der Waals surface area contributed by atoms with E-state index in [1.807, 2.05) is 24.3 Å². The van der Waals surface area contributed by atoms with Gasteiger partial charge in [0.1, 0.15) is 0 Å². The van der Waals surface area contributed by atoms with Gasteiger partial charge < -0.3 is 10.2 Å². The summed E-state index contributed by atoms with van der Waals surface area (Å²) in [6.07, 6.45) is 1.47. The molecule has 1 aromatic carbocycles. The lowest BCUT2D eigenvalue weighted by Gasteiger charge is -2.12. The number of benzene rings is 1. The van der Waals surface area contributed by atoms with Crippen molar-refractivity contribution in [3.05, 3.63) is 34.9 Å². The Kier molecular flexibility index (Phi) is 4.43. The topological polar surface area (TPSA) is 49.4 Å². The van der Waals surface area contributed by atoms with E-state index in [1.165, 1.54) is 0 Å². The van der Waals surface area contributed by atoms with E-state index in [0.717, 1.165) is 5.56 Å². The Morgan fingerprint density at radius 3 is 2.95 bits per heavy atom. The molecule has 0 radical (unpaired) electrons. The molecule has 0 saturated carbocycles. The largest absolute Gasteiger partial charge is 0.351 e. The van der Waals surface area contributed by atoms with Crippen LogP contribution in [0.2, 0.25) is 5.02 Å². The van der Waals surface area contributed by atoms with Crippen molar-refractivity contribution in [3.8, 4) is 0 Å². The molecular weight excluding hydrogens is 264 g/mol. The Hall–Kier alpha value is -1.55. The molecule has 1 atom stereocenters. The highest BCUT2D eigenvalue weighted by Gasteiger charge is 2.27. The first-order chi connectivity index (χ1) is 9.04. The number of amides is 2. The van der Waals surface area contributed by atoms with Crippen LogP contribution in [0.5, 0.6) is 0 Å². The van der Waals surface area contributed by atoms with Gasteiger partial charge in [-0.1, -0.05) is 23.7 Å². The van der Waals surface area contributed by atoms with E-state index >= 15 is 0 Å². The fourth-order valence-electron chi connectivity index (χ4n) is 2.21. The molecule has 1 aliphatic heterocycles. The number of likely N-dealkylation sites (N-methyl/N-ethyl adjacent to an activating group) is 1. The molecule has 0 aromatic heterocycles. The fraction of sp³-hybridized carbons (Fsp3) is 0.429. The molecule has 102 valence electrons. The van der Waals surface area contributed by atoms with E-state index < -0.39 is 0 Å². The minimum atomic E-state index is -0.0515. The van der Waals surface area contributed by atoms with Gasteiger partial charge in [0.15, 0.2) is 0 Å². The summed E-state index contributed by atoms with van der Waals surface area (Å²) in [6.45, 7) is 0.599. The van der Waals surface area contributed by atoms with Crippen molar-refractivity contribution < 1.29 is 9.59 Å². The lowest BCUT2D eigenvalue weighted by atomic mass is 10.1. The van der Waals surface area contributed by atoms with Crippen LogP contribution in [-0.4, -0.2) is 36.3 Å². The highest BCUT2D eigenvalue weighted by atomic mass is 35.5. The third-order valence-corrected chi connectivity index (χ3v) is 3.47. The summed E-state index contributed by atoms with van der Waals surface area (Å²) >= 11 is 5.89. The number of carbonyl (C=O) groups is 2. The van der Waals surface area contributed by atoms with Crippen molar-refractivity contribution in [2.75, 3.05) is 13.6 Å². The summed E-state index contributed by atoms with van der Waals surface area (Å²) in [7, 11) is 1.75. The highest BCUT2D eigenvalue weighted by Crippen LogP contribution is 2.13. The van der Waals surface area contributed by atoms with Gasteiger partial charge in [0.05, 0.1) is 6.04 Å². The second kappa shape index (κ2) is 6.06. The van der Waals surface area contributed by atoms with Crippen LogP contribution in [0.25, 0.3) is 0 Å². The third kappa shape index (κ3) is 3.96. The third-order valence-electron chi connectivity index (χ3n) is 3.24. The number of rotatable bonds is 4. The summed E-state index contributed by atoms with van der Waals surface area (Å²) in [4.78, 5) is 24.8. The van der Waals surface area contributed by atoms with Gasteiger partial charge in [-0.3, -0.25) is 9.59 Å². The van der Waals surface area contributed by atoms with Crippen LogP contribution in [0.4, 0.5) is 0 Å². The summed E-state index contributed by atoms with van der Waals surface area (Å²) in [5.41, 5.74) is 1.04. The quantitative estimate of drug-likeness (QED) is 0.911. The van der Waals surface area contributed by atoms with Crippen LogP contribution in [0.1, 0.15) is 18.4 Å². The molecule has 19 heavy (non-hydrogen) atoms.